The standard InChI is InChI=1S/C23H27F3N6S/c1-12(10-31-13(2)8-17(29-31)23(24,25)26)19-28-20-18-15-7-6-14(22(3,4)5)9-16(15)33-21(18)27-11-32(20)30-19/h8,11-12,14H,6-7,9-10H2,1-5H3. The lowest BCUT2D eigenvalue weighted by Gasteiger charge is -2.33. The molecule has 10 heteroatoms. The monoisotopic (exact) mass is 476 g/mol. The average Bonchev–Trinajstić information content (AvgIpc) is 3.40. The van der Waals surface area contributed by atoms with E-state index in [9.17, 15) is 13.2 Å². The molecule has 0 amide bonds. The van der Waals surface area contributed by atoms with E-state index in [4.69, 9.17) is 4.98 Å². The Labute approximate surface area is 193 Å². The van der Waals surface area contributed by atoms with E-state index in [-0.39, 0.29) is 17.9 Å². The smallest absolute Gasteiger partial charge is 0.269 e. The topological polar surface area (TPSA) is 60.9 Å². The van der Waals surface area contributed by atoms with E-state index in [0.717, 1.165) is 41.2 Å². The van der Waals surface area contributed by atoms with Gasteiger partial charge >= 0.3 is 6.18 Å². The van der Waals surface area contributed by atoms with E-state index in [1.807, 2.05) is 6.92 Å². The van der Waals surface area contributed by atoms with Gasteiger partial charge in [-0.1, -0.05) is 27.7 Å². The third kappa shape index (κ3) is 3.92. The largest absolute Gasteiger partial charge is 0.435 e. The van der Waals surface area contributed by atoms with Crippen LogP contribution in [0.25, 0.3) is 15.9 Å². The third-order valence-corrected chi connectivity index (χ3v) is 7.95. The molecule has 1 aliphatic carbocycles. The van der Waals surface area contributed by atoms with Crippen LogP contribution in [-0.4, -0.2) is 29.4 Å². The fraction of sp³-hybridized carbons (Fsp3) is 0.565. The summed E-state index contributed by atoms with van der Waals surface area (Å²) in [6, 6.07) is 1.07. The van der Waals surface area contributed by atoms with Crippen LogP contribution in [-0.2, 0) is 25.6 Å². The molecule has 2 atom stereocenters. The quantitative estimate of drug-likeness (QED) is 0.374. The maximum absolute atomic E-state index is 13.0. The summed E-state index contributed by atoms with van der Waals surface area (Å²) in [5.41, 5.74) is 1.96. The van der Waals surface area contributed by atoms with E-state index in [1.165, 1.54) is 15.1 Å². The van der Waals surface area contributed by atoms with Gasteiger partial charge in [0.25, 0.3) is 0 Å². The first-order valence-electron chi connectivity index (χ1n) is 11.2. The van der Waals surface area contributed by atoms with Gasteiger partial charge in [-0.15, -0.1) is 16.4 Å². The second-order valence-electron chi connectivity index (χ2n) is 10.2. The van der Waals surface area contributed by atoms with E-state index in [2.05, 4.69) is 36.0 Å². The number of nitrogens with zero attached hydrogens (tertiary/aromatic N) is 6. The normalized spacial score (nSPS) is 18.2. The van der Waals surface area contributed by atoms with Crippen LogP contribution in [0.4, 0.5) is 13.2 Å². The van der Waals surface area contributed by atoms with Crippen LogP contribution < -0.4 is 0 Å². The van der Waals surface area contributed by atoms with Crippen molar-refractivity contribution in [1.82, 2.24) is 29.4 Å². The lowest BCUT2D eigenvalue weighted by atomic mass is 9.72. The number of rotatable bonds is 3. The number of aryl methyl sites for hydroxylation is 2. The molecule has 0 aromatic carbocycles. The van der Waals surface area contributed by atoms with Gasteiger partial charge in [0, 0.05) is 16.5 Å². The summed E-state index contributed by atoms with van der Waals surface area (Å²) in [5, 5.41) is 9.43. The van der Waals surface area contributed by atoms with Crippen molar-refractivity contribution >= 4 is 27.2 Å². The molecular formula is C23H27F3N6S. The van der Waals surface area contributed by atoms with Crippen LogP contribution in [0.1, 0.15) is 67.7 Å². The molecule has 5 rings (SSSR count). The first kappa shape index (κ1) is 22.3. The summed E-state index contributed by atoms with van der Waals surface area (Å²) in [6.45, 7) is 10.7. The van der Waals surface area contributed by atoms with Crippen LogP contribution in [0.3, 0.4) is 0 Å². The molecule has 4 aromatic heterocycles. The Bertz CT molecular complexity index is 1340. The van der Waals surface area contributed by atoms with E-state index >= 15 is 0 Å². The van der Waals surface area contributed by atoms with Gasteiger partial charge in [0.1, 0.15) is 11.2 Å². The van der Waals surface area contributed by atoms with E-state index < -0.39 is 11.9 Å². The molecular weight excluding hydrogens is 449 g/mol. The Morgan fingerprint density at radius 3 is 2.64 bits per heavy atom. The minimum Gasteiger partial charge on any atom is -0.269 e. The lowest BCUT2D eigenvalue weighted by molar-refractivity contribution is -0.141. The van der Waals surface area contributed by atoms with Gasteiger partial charge in [-0.3, -0.25) is 4.68 Å². The number of aromatic nitrogens is 6. The Kier molecular flexibility index (Phi) is 5.08. The Morgan fingerprint density at radius 2 is 1.97 bits per heavy atom. The van der Waals surface area contributed by atoms with Crippen LogP contribution >= 0.6 is 11.3 Å². The lowest BCUT2D eigenvalue weighted by Crippen LogP contribution is -2.26. The highest BCUT2D eigenvalue weighted by molar-refractivity contribution is 7.19. The molecule has 0 saturated heterocycles. The molecule has 2 unspecified atom stereocenters. The highest BCUT2D eigenvalue weighted by atomic mass is 32.1. The van der Waals surface area contributed by atoms with Gasteiger partial charge in [0.15, 0.2) is 17.2 Å². The Morgan fingerprint density at radius 1 is 1.21 bits per heavy atom. The highest BCUT2D eigenvalue weighted by Gasteiger charge is 2.35. The Hall–Kier alpha value is -2.49. The predicted octanol–water partition coefficient (Wildman–Crippen LogP) is 5.82. The molecule has 0 bridgehead atoms. The zero-order valence-corrected chi connectivity index (χ0v) is 20.2. The van der Waals surface area contributed by atoms with Gasteiger partial charge in [-0.05, 0) is 49.1 Å². The second kappa shape index (κ2) is 7.51. The number of hydrogen-bond acceptors (Lipinski definition) is 5. The van der Waals surface area contributed by atoms with Crippen molar-refractivity contribution in [1.29, 1.82) is 0 Å². The minimum absolute atomic E-state index is 0.209. The fourth-order valence-corrected chi connectivity index (χ4v) is 5.98. The van der Waals surface area contributed by atoms with Crippen LogP contribution in [0.5, 0.6) is 0 Å². The zero-order chi connectivity index (χ0) is 23.7. The van der Waals surface area contributed by atoms with Crippen LogP contribution in [0.15, 0.2) is 12.4 Å². The molecule has 4 aromatic rings. The number of alkyl halides is 3. The van der Waals surface area contributed by atoms with Gasteiger partial charge in [-0.2, -0.15) is 18.3 Å². The molecule has 0 aliphatic heterocycles. The molecule has 6 nitrogen and oxygen atoms in total. The fourth-order valence-electron chi connectivity index (χ4n) is 4.71. The minimum atomic E-state index is -4.46. The van der Waals surface area contributed by atoms with Crippen molar-refractivity contribution in [3.05, 3.63) is 40.0 Å². The number of thiophene rings is 1. The molecule has 1 aliphatic rings. The summed E-state index contributed by atoms with van der Waals surface area (Å²) in [7, 11) is 0. The molecule has 0 N–H and O–H groups in total. The SMILES string of the molecule is Cc1cc(C(F)(F)F)nn1CC(C)c1nc2c3c4c(sc3ncn2n1)CC(C(C)(C)C)CC4. The predicted molar refractivity (Wildman–Crippen MR) is 122 cm³/mol. The first-order valence-corrected chi connectivity index (χ1v) is 12.0. The molecule has 4 heterocycles. The highest BCUT2D eigenvalue weighted by Crippen LogP contribution is 2.43. The van der Waals surface area contributed by atoms with E-state index in [0.29, 0.717) is 17.4 Å². The second-order valence-corrected chi connectivity index (χ2v) is 11.3. The molecule has 0 radical (unpaired) electrons. The van der Waals surface area contributed by atoms with Crippen molar-refractivity contribution in [3.63, 3.8) is 0 Å². The van der Waals surface area contributed by atoms with Crippen LogP contribution in [0, 0.1) is 18.3 Å². The van der Waals surface area contributed by atoms with Gasteiger partial charge in [-0.25, -0.2) is 14.5 Å². The number of fused-ring (bicyclic) bond motifs is 5. The van der Waals surface area contributed by atoms with Crippen molar-refractivity contribution in [2.24, 2.45) is 11.3 Å². The van der Waals surface area contributed by atoms with Gasteiger partial charge in [0.05, 0.1) is 11.9 Å². The average molecular weight is 477 g/mol. The number of halogens is 3. The molecule has 33 heavy (non-hydrogen) atoms. The summed E-state index contributed by atoms with van der Waals surface area (Å²) in [6.07, 6.45) is 0.431. The molecule has 0 fully saturated rings. The maximum Gasteiger partial charge on any atom is 0.435 e. The third-order valence-electron chi connectivity index (χ3n) is 6.79. The first-order chi connectivity index (χ1) is 15.4. The number of hydrogen-bond donors (Lipinski definition) is 0. The van der Waals surface area contributed by atoms with Crippen LogP contribution in [0.2, 0.25) is 0 Å². The zero-order valence-electron chi connectivity index (χ0n) is 19.4. The van der Waals surface area contributed by atoms with Crippen molar-refractivity contribution < 1.29 is 13.2 Å². The van der Waals surface area contributed by atoms with E-state index in [1.54, 1.807) is 29.1 Å². The summed E-state index contributed by atoms with van der Waals surface area (Å²) >= 11 is 1.75. The van der Waals surface area contributed by atoms with Crippen molar-refractivity contribution in [2.45, 2.75) is 72.5 Å². The van der Waals surface area contributed by atoms with Gasteiger partial charge < -0.3 is 0 Å². The molecule has 0 spiro atoms. The van der Waals surface area contributed by atoms with Gasteiger partial charge in [0.2, 0.25) is 0 Å². The molecule has 0 saturated carbocycles. The maximum atomic E-state index is 13.0. The molecule has 176 valence electrons. The van der Waals surface area contributed by atoms with Crippen molar-refractivity contribution in [3.8, 4) is 0 Å². The summed E-state index contributed by atoms with van der Waals surface area (Å²) in [4.78, 5) is 11.8. The van der Waals surface area contributed by atoms with Crippen molar-refractivity contribution in [2.75, 3.05) is 0 Å². The summed E-state index contributed by atoms with van der Waals surface area (Å²) in [5.74, 6) is 1.01. The Balaban J connectivity index is 1.48. The summed E-state index contributed by atoms with van der Waals surface area (Å²) < 4.78 is 42.1.